The summed E-state index contributed by atoms with van der Waals surface area (Å²) in [5, 5.41) is 3.58. The zero-order valence-corrected chi connectivity index (χ0v) is 12.5. The summed E-state index contributed by atoms with van der Waals surface area (Å²) in [5.41, 5.74) is 0.947. The Bertz CT molecular complexity index is 438. The molecule has 0 spiro atoms. The molecule has 1 fully saturated rings. The van der Waals surface area contributed by atoms with Crippen LogP contribution in [0.4, 0.5) is 4.39 Å². The molecular formula is C16H24FNO2. The maximum atomic E-state index is 13.7. The van der Waals surface area contributed by atoms with Crippen molar-refractivity contribution in [1.29, 1.82) is 0 Å². The standard InChI is InChI=1S/C16H24FNO2/c1-11(12-7-8-16(20-3)15(17)9-12)18-13-5-4-6-14(10-13)19-2/h7-9,11,13-14,18H,4-6,10H2,1-3H3. The van der Waals surface area contributed by atoms with Gasteiger partial charge in [0, 0.05) is 19.2 Å². The van der Waals surface area contributed by atoms with E-state index < -0.39 is 0 Å². The van der Waals surface area contributed by atoms with Crippen LogP contribution in [0.3, 0.4) is 0 Å². The van der Waals surface area contributed by atoms with Crippen molar-refractivity contribution in [3.63, 3.8) is 0 Å². The lowest BCUT2D eigenvalue weighted by molar-refractivity contribution is 0.0572. The van der Waals surface area contributed by atoms with E-state index in [0.717, 1.165) is 24.8 Å². The number of halogens is 1. The Hall–Kier alpha value is -1.13. The molecule has 0 aromatic heterocycles. The maximum absolute atomic E-state index is 13.7. The van der Waals surface area contributed by atoms with Crippen LogP contribution in [0.25, 0.3) is 0 Å². The molecule has 0 saturated heterocycles. The Morgan fingerprint density at radius 1 is 1.30 bits per heavy atom. The third-order valence-corrected chi connectivity index (χ3v) is 4.12. The number of rotatable bonds is 5. The highest BCUT2D eigenvalue weighted by Crippen LogP contribution is 2.25. The van der Waals surface area contributed by atoms with E-state index in [-0.39, 0.29) is 17.6 Å². The molecule has 112 valence electrons. The average Bonchev–Trinajstić information content (AvgIpc) is 2.47. The molecule has 1 aromatic rings. The molecule has 1 aliphatic carbocycles. The van der Waals surface area contributed by atoms with E-state index in [2.05, 4.69) is 12.2 Å². The second kappa shape index (κ2) is 7.04. The summed E-state index contributed by atoms with van der Waals surface area (Å²) in [6, 6.07) is 5.70. The third kappa shape index (κ3) is 3.70. The molecular weight excluding hydrogens is 257 g/mol. The molecule has 4 heteroatoms. The molecule has 0 heterocycles. The summed E-state index contributed by atoms with van der Waals surface area (Å²) < 4.78 is 24.1. The predicted molar refractivity (Wildman–Crippen MR) is 77.6 cm³/mol. The number of methoxy groups -OCH3 is 2. The van der Waals surface area contributed by atoms with Crippen molar-refractivity contribution in [3.8, 4) is 5.75 Å². The Morgan fingerprint density at radius 3 is 2.75 bits per heavy atom. The van der Waals surface area contributed by atoms with Gasteiger partial charge in [-0.05, 0) is 50.3 Å². The van der Waals surface area contributed by atoms with E-state index in [1.807, 2.05) is 6.07 Å². The molecule has 3 unspecified atom stereocenters. The number of hydrogen-bond acceptors (Lipinski definition) is 3. The molecule has 3 atom stereocenters. The number of ether oxygens (including phenoxy) is 2. The Labute approximate surface area is 120 Å². The fourth-order valence-electron chi connectivity index (χ4n) is 2.91. The molecule has 20 heavy (non-hydrogen) atoms. The minimum Gasteiger partial charge on any atom is -0.494 e. The highest BCUT2D eigenvalue weighted by molar-refractivity contribution is 5.30. The second-order valence-electron chi connectivity index (χ2n) is 5.50. The van der Waals surface area contributed by atoms with E-state index in [1.54, 1.807) is 19.2 Å². The van der Waals surface area contributed by atoms with Gasteiger partial charge in [-0.15, -0.1) is 0 Å². The van der Waals surface area contributed by atoms with Crippen LogP contribution in [0.15, 0.2) is 18.2 Å². The van der Waals surface area contributed by atoms with Crippen LogP contribution >= 0.6 is 0 Å². The summed E-state index contributed by atoms with van der Waals surface area (Å²) in [4.78, 5) is 0. The fraction of sp³-hybridized carbons (Fsp3) is 0.625. The molecule has 1 N–H and O–H groups in total. The lowest BCUT2D eigenvalue weighted by Crippen LogP contribution is -2.38. The van der Waals surface area contributed by atoms with E-state index in [4.69, 9.17) is 9.47 Å². The molecule has 1 saturated carbocycles. The van der Waals surface area contributed by atoms with Gasteiger partial charge in [0.25, 0.3) is 0 Å². The van der Waals surface area contributed by atoms with Crippen LogP contribution in [-0.2, 0) is 4.74 Å². The van der Waals surface area contributed by atoms with Gasteiger partial charge in [-0.2, -0.15) is 0 Å². The van der Waals surface area contributed by atoms with E-state index >= 15 is 0 Å². The van der Waals surface area contributed by atoms with Crippen LogP contribution in [0.5, 0.6) is 5.75 Å². The van der Waals surface area contributed by atoms with Crippen molar-refractivity contribution < 1.29 is 13.9 Å². The zero-order chi connectivity index (χ0) is 14.5. The average molecular weight is 281 g/mol. The summed E-state index contributed by atoms with van der Waals surface area (Å²) >= 11 is 0. The molecule has 0 amide bonds. The minimum atomic E-state index is -0.308. The number of nitrogens with one attached hydrogen (secondary N) is 1. The van der Waals surface area contributed by atoms with E-state index in [9.17, 15) is 4.39 Å². The van der Waals surface area contributed by atoms with Crippen LogP contribution in [0, 0.1) is 5.82 Å². The van der Waals surface area contributed by atoms with Crippen molar-refractivity contribution in [3.05, 3.63) is 29.6 Å². The van der Waals surface area contributed by atoms with Gasteiger partial charge in [-0.3, -0.25) is 0 Å². The van der Waals surface area contributed by atoms with E-state index in [1.165, 1.54) is 13.5 Å². The van der Waals surface area contributed by atoms with Gasteiger partial charge in [-0.25, -0.2) is 4.39 Å². The summed E-state index contributed by atoms with van der Waals surface area (Å²) in [7, 11) is 3.25. The first-order valence-corrected chi connectivity index (χ1v) is 7.26. The molecule has 1 aliphatic rings. The number of benzene rings is 1. The predicted octanol–water partition coefficient (Wildman–Crippen LogP) is 3.44. The molecule has 3 nitrogen and oxygen atoms in total. The van der Waals surface area contributed by atoms with Crippen LogP contribution in [0.2, 0.25) is 0 Å². The molecule has 0 aliphatic heterocycles. The largest absolute Gasteiger partial charge is 0.494 e. The van der Waals surface area contributed by atoms with Gasteiger partial charge in [0.1, 0.15) is 0 Å². The smallest absolute Gasteiger partial charge is 0.165 e. The molecule has 0 bridgehead atoms. The lowest BCUT2D eigenvalue weighted by Gasteiger charge is -2.31. The van der Waals surface area contributed by atoms with Gasteiger partial charge >= 0.3 is 0 Å². The third-order valence-electron chi connectivity index (χ3n) is 4.12. The molecule has 1 aromatic carbocycles. The summed E-state index contributed by atoms with van der Waals surface area (Å²) in [6.07, 6.45) is 4.85. The quantitative estimate of drug-likeness (QED) is 0.896. The van der Waals surface area contributed by atoms with Gasteiger partial charge in [0.05, 0.1) is 13.2 Å². The van der Waals surface area contributed by atoms with Crippen molar-refractivity contribution in [2.45, 2.75) is 50.8 Å². The van der Waals surface area contributed by atoms with Crippen LogP contribution in [0.1, 0.15) is 44.2 Å². The Morgan fingerprint density at radius 2 is 2.10 bits per heavy atom. The Kier molecular flexibility index (Phi) is 5.38. The van der Waals surface area contributed by atoms with Crippen molar-refractivity contribution >= 4 is 0 Å². The van der Waals surface area contributed by atoms with Gasteiger partial charge in [-0.1, -0.05) is 6.07 Å². The normalized spacial score (nSPS) is 24.4. The van der Waals surface area contributed by atoms with Crippen LogP contribution < -0.4 is 10.1 Å². The van der Waals surface area contributed by atoms with Crippen molar-refractivity contribution in [2.75, 3.05) is 14.2 Å². The summed E-state index contributed by atoms with van der Waals surface area (Å²) in [5.74, 6) is -0.0184. The second-order valence-corrected chi connectivity index (χ2v) is 5.50. The van der Waals surface area contributed by atoms with E-state index in [0.29, 0.717) is 12.1 Å². The van der Waals surface area contributed by atoms with Crippen molar-refractivity contribution in [1.82, 2.24) is 5.32 Å². The topological polar surface area (TPSA) is 30.5 Å². The zero-order valence-electron chi connectivity index (χ0n) is 12.5. The minimum absolute atomic E-state index is 0.121. The van der Waals surface area contributed by atoms with Crippen LogP contribution in [-0.4, -0.2) is 26.4 Å². The number of hydrogen-bond donors (Lipinski definition) is 1. The van der Waals surface area contributed by atoms with Crippen molar-refractivity contribution in [2.24, 2.45) is 0 Å². The maximum Gasteiger partial charge on any atom is 0.165 e. The highest BCUT2D eigenvalue weighted by Gasteiger charge is 2.23. The molecule has 0 radical (unpaired) electrons. The van der Waals surface area contributed by atoms with Gasteiger partial charge < -0.3 is 14.8 Å². The summed E-state index contributed by atoms with van der Waals surface area (Å²) in [6.45, 7) is 2.07. The first-order chi connectivity index (χ1) is 9.63. The van der Waals surface area contributed by atoms with Gasteiger partial charge in [0.15, 0.2) is 11.6 Å². The molecule has 2 rings (SSSR count). The highest BCUT2D eigenvalue weighted by atomic mass is 19.1. The SMILES string of the molecule is COc1ccc(C(C)NC2CCCC(OC)C2)cc1F. The Balaban J connectivity index is 1.97. The lowest BCUT2D eigenvalue weighted by atomic mass is 9.92. The first kappa shape index (κ1) is 15.3. The monoisotopic (exact) mass is 281 g/mol. The van der Waals surface area contributed by atoms with Gasteiger partial charge in [0.2, 0.25) is 0 Å². The first-order valence-electron chi connectivity index (χ1n) is 7.26. The fourth-order valence-corrected chi connectivity index (χ4v) is 2.91.